The summed E-state index contributed by atoms with van der Waals surface area (Å²) in [5.41, 5.74) is 0.824. The molecule has 1 N–H and O–H groups in total. The summed E-state index contributed by atoms with van der Waals surface area (Å²) in [6.07, 6.45) is -0.545. The molecule has 0 heterocycles. The Labute approximate surface area is 112 Å². The van der Waals surface area contributed by atoms with Crippen LogP contribution in [0.3, 0.4) is 0 Å². The van der Waals surface area contributed by atoms with Gasteiger partial charge in [-0.2, -0.15) is 4.39 Å². The Kier molecular flexibility index (Phi) is 5.99. The summed E-state index contributed by atoms with van der Waals surface area (Å²) in [7, 11) is 0. The highest BCUT2D eigenvalue weighted by molar-refractivity contribution is 5.80. The van der Waals surface area contributed by atoms with E-state index in [2.05, 4.69) is 5.32 Å². The molecular formula is C14H18FNO3. The van der Waals surface area contributed by atoms with Crippen LogP contribution in [0.15, 0.2) is 30.3 Å². The quantitative estimate of drug-likeness (QED) is 0.806. The summed E-state index contributed by atoms with van der Waals surface area (Å²) < 4.78 is 17.7. The molecule has 0 aliphatic carbocycles. The van der Waals surface area contributed by atoms with Crippen LogP contribution >= 0.6 is 0 Å². The number of amides is 1. The molecule has 1 rings (SSSR count). The lowest BCUT2D eigenvalue weighted by Gasteiger charge is -2.15. The van der Waals surface area contributed by atoms with Crippen molar-refractivity contribution in [2.75, 3.05) is 0 Å². The number of carbonyl (C=O) groups is 2. The van der Waals surface area contributed by atoms with E-state index in [1.165, 1.54) is 0 Å². The number of hydrogen-bond donors (Lipinski definition) is 1. The number of hydrogen-bond acceptors (Lipinski definition) is 3. The first-order chi connectivity index (χ1) is 8.99. The Morgan fingerprint density at radius 1 is 1.26 bits per heavy atom. The van der Waals surface area contributed by atoms with Gasteiger partial charge < -0.3 is 10.1 Å². The molecule has 4 nitrogen and oxygen atoms in total. The Hall–Kier alpha value is -1.91. The summed E-state index contributed by atoms with van der Waals surface area (Å²) in [4.78, 5) is 22.2. The fourth-order valence-electron chi connectivity index (χ4n) is 1.59. The predicted octanol–water partition coefficient (Wildman–Crippen LogP) is 2.82. The van der Waals surface area contributed by atoms with E-state index in [0.717, 1.165) is 5.56 Å². The second-order valence-corrected chi connectivity index (χ2v) is 4.69. The molecule has 0 aliphatic rings. The maximum Gasteiger partial charge on any atom is 0.408 e. The van der Waals surface area contributed by atoms with Crippen molar-refractivity contribution in [1.82, 2.24) is 5.32 Å². The monoisotopic (exact) mass is 267 g/mol. The van der Waals surface area contributed by atoms with Gasteiger partial charge in [-0.1, -0.05) is 44.2 Å². The Bertz CT molecular complexity index is 420. The van der Waals surface area contributed by atoms with Gasteiger partial charge in [-0.25, -0.2) is 4.79 Å². The first kappa shape index (κ1) is 15.1. The zero-order chi connectivity index (χ0) is 14.3. The Morgan fingerprint density at radius 2 is 1.89 bits per heavy atom. The van der Waals surface area contributed by atoms with Gasteiger partial charge in [0.15, 0.2) is 0 Å². The summed E-state index contributed by atoms with van der Waals surface area (Å²) in [6.45, 7) is 3.77. The lowest BCUT2D eigenvalue weighted by Crippen LogP contribution is -2.40. The zero-order valence-corrected chi connectivity index (χ0v) is 11.1. The van der Waals surface area contributed by atoms with Crippen molar-refractivity contribution in [3.05, 3.63) is 35.9 Å². The van der Waals surface area contributed by atoms with E-state index in [0.29, 0.717) is 0 Å². The number of halogens is 1. The van der Waals surface area contributed by atoms with E-state index in [9.17, 15) is 14.0 Å². The molecule has 0 aliphatic heterocycles. The smallest absolute Gasteiger partial charge is 0.408 e. The largest absolute Gasteiger partial charge is 0.445 e. The third-order valence-electron chi connectivity index (χ3n) is 2.49. The Balaban J connectivity index is 2.42. The van der Waals surface area contributed by atoms with Gasteiger partial charge in [0.1, 0.15) is 12.6 Å². The topological polar surface area (TPSA) is 55.4 Å². The third-order valence-corrected chi connectivity index (χ3v) is 2.49. The van der Waals surface area contributed by atoms with E-state index in [4.69, 9.17) is 4.74 Å². The molecule has 104 valence electrons. The van der Waals surface area contributed by atoms with Gasteiger partial charge in [0, 0.05) is 0 Å². The van der Waals surface area contributed by atoms with Crippen molar-refractivity contribution in [3.8, 4) is 0 Å². The molecule has 1 aromatic rings. The average Bonchev–Trinajstić information content (AvgIpc) is 2.36. The SMILES string of the molecule is CC(C)CC(NC(=O)OCc1ccccc1)C(=O)F. The van der Waals surface area contributed by atoms with Crippen LogP contribution in [0.2, 0.25) is 0 Å². The number of benzene rings is 1. The molecule has 0 bridgehead atoms. The van der Waals surface area contributed by atoms with E-state index in [1.807, 2.05) is 32.0 Å². The van der Waals surface area contributed by atoms with Gasteiger partial charge in [0.2, 0.25) is 0 Å². The molecule has 5 heteroatoms. The van der Waals surface area contributed by atoms with Crippen LogP contribution in [0.1, 0.15) is 25.8 Å². The van der Waals surface area contributed by atoms with Crippen LogP contribution in [0.25, 0.3) is 0 Å². The van der Waals surface area contributed by atoms with E-state index < -0.39 is 18.2 Å². The van der Waals surface area contributed by atoms with E-state index in [-0.39, 0.29) is 18.9 Å². The molecule has 1 aromatic carbocycles. The molecule has 19 heavy (non-hydrogen) atoms. The number of ether oxygens (including phenoxy) is 1. The fraction of sp³-hybridized carbons (Fsp3) is 0.429. The first-order valence-corrected chi connectivity index (χ1v) is 6.15. The molecule has 1 atom stereocenters. The minimum absolute atomic E-state index is 0.0849. The normalized spacial score (nSPS) is 12.0. The van der Waals surface area contributed by atoms with E-state index in [1.54, 1.807) is 12.1 Å². The van der Waals surface area contributed by atoms with Gasteiger partial charge in [-0.15, -0.1) is 0 Å². The number of carbonyl (C=O) groups excluding carboxylic acids is 2. The second-order valence-electron chi connectivity index (χ2n) is 4.69. The molecule has 0 radical (unpaired) electrons. The number of nitrogens with one attached hydrogen (secondary N) is 1. The van der Waals surface area contributed by atoms with Gasteiger partial charge in [0.05, 0.1) is 0 Å². The molecule has 1 unspecified atom stereocenters. The standard InChI is InChI=1S/C14H18FNO3/c1-10(2)8-12(13(15)17)16-14(18)19-9-11-6-4-3-5-7-11/h3-7,10,12H,8-9H2,1-2H3,(H,16,18). The average molecular weight is 267 g/mol. The van der Waals surface area contributed by atoms with Crippen molar-refractivity contribution in [2.24, 2.45) is 5.92 Å². The molecule has 0 saturated carbocycles. The van der Waals surface area contributed by atoms with Crippen molar-refractivity contribution in [1.29, 1.82) is 0 Å². The van der Waals surface area contributed by atoms with Crippen LogP contribution in [-0.4, -0.2) is 18.2 Å². The van der Waals surface area contributed by atoms with Crippen LogP contribution in [0.4, 0.5) is 9.18 Å². The summed E-state index contributed by atoms with van der Waals surface area (Å²) in [5, 5.41) is 2.23. The maximum absolute atomic E-state index is 12.7. The lowest BCUT2D eigenvalue weighted by atomic mass is 10.0. The fourth-order valence-corrected chi connectivity index (χ4v) is 1.59. The molecule has 0 spiro atoms. The Morgan fingerprint density at radius 3 is 2.42 bits per heavy atom. The van der Waals surface area contributed by atoms with E-state index >= 15 is 0 Å². The summed E-state index contributed by atoms with van der Waals surface area (Å²) >= 11 is 0. The summed E-state index contributed by atoms with van der Waals surface area (Å²) in [6, 6.07) is 6.42. The van der Waals surface area contributed by atoms with Gasteiger partial charge >= 0.3 is 12.1 Å². The van der Waals surface area contributed by atoms with Crippen LogP contribution in [-0.2, 0) is 16.1 Å². The third kappa shape index (κ3) is 5.99. The minimum atomic E-state index is -1.55. The minimum Gasteiger partial charge on any atom is -0.445 e. The highest BCUT2D eigenvalue weighted by Crippen LogP contribution is 2.07. The van der Waals surface area contributed by atoms with Gasteiger partial charge in [-0.3, -0.25) is 4.79 Å². The second kappa shape index (κ2) is 7.51. The molecule has 0 saturated heterocycles. The van der Waals surface area contributed by atoms with Gasteiger partial charge in [0.25, 0.3) is 0 Å². The molecule has 1 amide bonds. The van der Waals surface area contributed by atoms with Crippen molar-refractivity contribution in [3.63, 3.8) is 0 Å². The van der Waals surface area contributed by atoms with Crippen LogP contribution < -0.4 is 5.32 Å². The predicted molar refractivity (Wildman–Crippen MR) is 69.1 cm³/mol. The molecule has 0 fully saturated rings. The van der Waals surface area contributed by atoms with Crippen molar-refractivity contribution < 1.29 is 18.7 Å². The number of alkyl carbamates (subject to hydrolysis) is 1. The molecular weight excluding hydrogens is 249 g/mol. The maximum atomic E-state index is 12.7. The van der Waals surface area contributed by atoms with Crippen LogP contribution in [0.5, 0.6) is 0 Å². The highest BCUT2D eigenvalue weighted by atomic mass is 19.1. The van der Waals surface area contributed by atoms with Gasteiger partial charge in [-0.05, 0) is 17.9 Å². The lowest BCUT2D eigenvalue weighted by molar-refractivity contribution is -0.131. The summed E-state index contributed by atoms with van der Waals surface area (Å²) in [5.74, 6) is 0.0964. The van der Waals surface area contributed by atoms with Crippen molar-refractivity contribution in [2.45, 2.75) is 32.9 Å². The first-order valence-electron chi connectivity index (χ1n) is 6.15. The molecule has 0 aromatic heterocycles. The van der Waals surface area contributed by atoms with Crippen LogP contribution in [0, 0.1) is 5.92 Å². The highest BCUT2D eigenvalue weighted by Gasteiger charge is 2.22. The van der Waals surface area contributed by atoms with Crippen molar-refractivity contribution >= 4 is 12.1 Å². The zero-order valence-electron chi connectivity index (χ0n) is 11.1. The number of rotatable bonds is 6.